The SMILES string of the molecule is C[C@]1(CO)[C@H](F)[C@@H](n2ccc(=O)[nH]c2=O)O[C@@H]1CO. The molecule has 8 heteroatoms. The first-order valence-corrected chi connectivity index (χ1v) is 5.76. The van der Waals surface area contributed by atoms with E-state index in [9.17, 15) is 24.2 Å². The maximum absolute atomic E-state index is 14.4. The quantitative estimate of drug-likeness (QED) is 0.639. The third-order valence-corrected chi connectivity index (χ3v) is 3.55. The van der Waals surface area contributed by atoms with Crippen molar-refractivity contribution in [2.24, 2.45) is 5.41 Å². The molecule has 0 radical (unpaired) electrons. The van der Waals surface area contributed by atoms with Crippen LogP contribution in [-0.4, -0.2) is 45.3 Å². The highest BCUT2D eigenvalue weighted by Gasteiger charge is 2.54. The molecule has 1 aliphatic heterocycles. The smallest absolute Gasteiger partial charge is 0.330 e. The summed E-state index contributed by atoms with van der Waals surface area (Å²) in [5.41, 5.74) is -2.72. The number of hydrogen-bond donors (Lipinski definition) is 3. The minimum atomic E-state index is -1.70. The summed E-state index contributed by atoms with van der Waals surface area (Å²) in [6.45, 7) is 0.412. The lowest BCUT2D eigenvalue weighted by molar-refractivity contribution is -0.0550. The molecule has 1 aromatic heterocycles. The van der Waals surface area contributed by atoms with E-state index in [2.05, 4.69) is 0 Å². The first-order chi connectivity index (χ1) is 8.93. The van der Waals surface area contributed by atoms with Crippen molar-refractivity contribution in [1.29, 1.82) is 0 Å². The van der Waals surface area contributed by atoms with Gasteiger partial charge in [-0.05, 0) is 0 Å². The Morgan fingerprint density at radius 1 is 1.53 bits per heavy atom. The van der Waals surface area contributed by atoms with E-state index in [1.807, 2.05) is 4.98 Å². The number of ether oxygens (including phenoxy) is 1. The summed E-state index contributed by atoms with van der Waals surface area (Å²) in [7, 11) is 0. The van der Waals surface area contributed by atoms with Crippen LogP contribution in [0.25, 0.3) is 0 Å². The van der Waals surface area contributed by atoms with Gasteiger partial charge in [-0.15, -0.1) is 0 Å². The fraction of sp³-hybridized carbons (Fsp3) is 0.636. The van der Waals surface area contributed by atoms with E-state index in [0.717, 1.165) is 16.8 Å². The predicted octanol–water partition coefficient (Wildman–Crippen LogP) is -1.24. The largest absolute Gasteiger partial charge is 0.396 e. The van der Waals surface area contributed by atoms with Crippen molar-refractivity contribution in [3.8, 4) is 0 Å². The summed E-state index contributed by atoms with van der Waals surface area (Å²) in [6.07, 6.45) is -2.80. The molecule has 0 saturated carbocycles. The Kier molecular flexibility index (Phi) is 3.57. The summed E-state index contributed by atoms with van der Waals surface area (Å²) in [6, 6.07) is 1.07. The summed E-state index contributed by atoms with van der Waals surface area (Å²) >= 11 is 0. The Morgan fingerprint density at radius 3 is 2.68 bits per heavy atom. The van der Waals surface area contributed by atoms with Crippen molar-refractivity contribution in [2.45, 2.75) is 25.4 Å². The molecule has 2 heterocycles. The highest BCUT2D eigenvalue weighted by molar-refractivity contribution is 5.00. The maximum atomic E-state index is 14.4. The summed E-state index contributed by atoms with van der Waals surface area (Å²) in [4.78, 5) is 24.6. The monoisotopic (exact) mass is 274 g/mol. The molecule has 1 aliphatic rings. The number of rotatable bonds is 3. The number of halogens is 1. The molecule has 106 valence electrons. The topological polar surface area (TPSA) is 105 Å². The van der Waals surface area contributed by atoms with Crippen LogP contribution in [0.1, 0.15) is 13.2 Å². The molecule has 7 nitrogen and oxygen atoms in total. The van der Waals surface area contributed by atoms with Gasteiger partial charge in [-0.25, -0.2) is 9.18 Å². The Morgan fingerprint density at radius 2 is 2.21 bits per heavy atom. The van der Waals surface area contributed by atoms with E-state index in [4.69, 9.17) is 4.74 Å². The normalized spacial score (nSPS) is 34.6. The molecule has 0 aromatic carbocycles. The molecule has 2 rings (SSSR count). The molecular weight excluding hydrogens is 259 g/mol. The van der Waals surface area contributed by atoms with Gasteiger partial charge in [0.1, 0.15) is 0 Å². The molecule has 0 aliphatic carbocycles. The van der Waals surface area contributed by atoms with Gasteiger partial charge in [0.15, 0.2) is 12.4 Å². The Hall–Kier alpha value is -1.51. The average molecular weight is 274 g/mol. The third kappa shape index (κ3) is 2.11. The van der Waals surface area contributed by atoms with Gasteiger partial charge in [0, 0.05) is 12.3 Å². The Balaban J connectivity index is 2.42. The average Bonchev–Trinajstić information content (AvgIpc) is 2.63. The second-order valence-corrected chi connectivity index (χ2v) is 4.78. The van der Waals surface area contributed by atoms with Crippen molar-refractivity contribution in [2.75, 3.05) is 13.2 Å². The molecule has 1 fully saturated rings. The zero-order valence-electron chi connectivity index (χ0n) is 10.2. The van der Waals surface area contributed by atoms with Crippen LogP contribution in [0.5, 0.6) is 0 Å². The number of H-pyrrole nitrogens is 1. The zero-order chi connectivity index (χ0) is 14.2. The zero-order valence-corrected chi connectivity index (χ0v) is 10.2. The van der Waals surface area contributed by atoms with Crippen molar-refractivity contribution >= 4 is 0 Å². The molecule has 3 N–H and O–H groups in total. The molecule has 1 aromatic rings. The number of aromatic nitrogens is 2. The van der Waals surface area contributed by atoms with Crippen LogP contribution in [0.3, 0.4) is 0 Å². The lowest BCUT2D eigenvalue weighted by atomic mass is 9.82. The maximum Gasteiger partial charge on any atom is 0.330 e. The summed E-state index contributed by atoms with van der Waals surface area (Å²) in [5, 5.41) is 18.5. The first-order valence-electron chi connectivity index (χ1n) is 5.76. The molecular formula is C11H15FN2O5. The van der Waals surface area contributed by atoms with Crippen molar-refractivity contribution in [3.63, 3.8) is 0 Å². The first kappa shape index (κ1) is 13.9. The second kappa shape index (κ2) is 4.87. The van der Waals surface area contributed by atoms with Crippen LogP contribution in [-0.2, 0) is 4.74 Å². The van der Waals surface area contributed by atoms with Crippen molar-refractivity contribution in [1.82, 2.24) is 9.55 Å². The fourth-order valence-electron chi connectivity index (χ4n) is 2.17. The molecule has 0 spiro atoms. The summed E-state index contributed by atoms with van der Waals surface area (Å²) < 4.78 is 20.6. The lowest BCUT2D eigenvalue weighted by Crippen LogP contribution is -2.41. The van der Waals surface area contributed by atoms with E-state index >= 15 is 0 Å². The molecule has 0 unspecified atom stereocenters. The lowest BCUT2D eigenvalue weighted by Gasteiger charge is -2.27. The van der Waals surface area contributed by atoms with E-state index < -0.39 is 48.4 Å². The third-order valence-electron chi connectivity index (χ3n) is 3.55. The molecule has 4 atom stereocenters. The Labute approximate surface area is 107 Å². The number of aliphatic hydroxyl groups is 2. The van der Waals surface area contributed by atoms with Gasteiger partial charge >= 0.3 is 5.69 Å². The van der Waals surface area contributed by atoms with Gasteiger partial charge in [-0.3, -0.25) is 14.3 Å². The number of nitrogens with zero attached hydrogens (tertiary/aromatic N) is 1. The van der Waals surface area contributed by atoms with Crippen LogP contribution in [0, 0.1) is 5.41 Å². The number of nitrogens with one attached hydrogen (secondary N) is 1. The highest BCUT2D eigenvalue weighted by atomic mass is 19.1. The van der Waals surface area contributed by atoms with Gasteiger partial charge in [-0.2, -0.15) is 0 Å². The molecule has 0 bridgehead atoms. The van der Waals surface area contributed by atoms with Crippen LogP contribution in [0.2, 0.25) is 0 Å². The standard InChI is InChI=1S/C11H15FN2O5/c1-11(5-16)6(4-15)19-9(8(11)12)14-3-2-7(17)13-10(14)18/h2-3,6,8-9,15-16H,4-5H2,1H3,(H,13,17,18)/t6-,8-,9+,11-/m1/s1. The Bertz CT molecular complexity index is 571. The van der Waals surface area contributed by atoms with E-state index in [-0.39, 0.29) is 0 Å². The van der Waals surface area contributed by atoms with Crippen LogP contribution < -0.4 is 11.2 Å². The van der Waals surface area contributed by atoms with Gasteiger partial charge in [0.25, 0.3) is 5.56 Å². The predicted molar refractivity (Wildman–Crippen MR) is 62.4 cm³/mol. The van der Waals surface area contributed by atoms with Crippen LogP contribution >= 0.6 is 0 Å². The minimum absolute atomic E-state index is 0.480. The molecule has 19 heavy (non-hydrogen) atoms. The van der Waals surface area contributed by atoms with Crippen LogP contribution in [0.15, 0.2) is 21.9 Å². The van der Waals surface area contributed by atoms with E-state index in [0.29, 0.717) is 0 Å². The highest BCUT2D eigenvalue weighted by Crippen LogP contribution is 2.44. The fourth-order valence-corrected chi connectivity index (χ4v) is 2.17. The summed E-state index contributed by atoms with van der Waals surface area (Å²) in [5.74, 6) is 0. The minimum Gasteiger partial charge on any atom is -0.396 e. The number of hydrogen-bond acceptors (Lipinski definition) is 5. The van der Waals surface area contributed by atoms with Gasteiger partial charge < -0.3 is 14.9 Å². The second-order valence-electron chi connectivity index (χ2n) is 4.78. The number of aromatic amines is 1. The van der Waals surface area contributed by atoms with Crippen molar-refractivity contribution < 1.29 is 19.3 Å². The van der Waals surface area contributed by atoms with Gasteiger partial charge in [0.05, 0.1) is 24.7 Å². The van der Waals surface area contributed by atoms with Crippen LogP contribution in [0.4, 0.5) is 4.39 Å². The molecule has 1 saturated heterocycles. The van der Waals surface area contributed by atoms with E-state index in [1.54, 1.807) is 0 Å². The van der Waals surface area contributed by atoms with Gasteiger partial charge in [0.2, 0.25) is 0 Å². The van der Waals surface area contributed by atoms with Crippen molar-refractivity contribution in [3.05, 3.63) is 33.1 Å². The number of aliphatic hydroxyl groups excluding tert-OH is 2. The molecule has 0 amide bonds. The van der Waals surface area contributed by atoms with E-state index in [1.165, 1.54) is 6.92 Å². The van der Waals surface area contributed by atoms with Gasteiger partial charge in [-0.1, -0.05) is 6.92 Å². The number of alkyl halides is 1.